The Morgan fingerprint density at radius 2 is 1.58 bits per heavy atom. The van der Waals surface area contributed by atoms with Gasteiger partial charge in [0.25, 0.3) is 5.69 Å². The average molecular weight is 402 g/mol. The highest BCUT2D eigenvalue weighted by Gasteiger charge is 2.53. The minimum Gasteiger partial charge on any atom is -0.389 e. The predicted octanol–water partition coefficient (Wildman–Crippen LogP) is 2.73. The summed E-state index contributed by atoms with van der Waals surface area (Å²) in [4.78, 5) is 9.37. The molecule has 0 aliphatic rings. The Kier molecular flexibility index (Phi) is 5.05. The zero-order valence-electron chi connectivity index (χ0n) is 10.7. The number of halogens is 6. The van der Waals surface area contributed by atoms with Crippen LogP contribution in [0.4, 0.5) is 32.0 Å². The molecule has 136 valence electrons. The topological polar surface area (TPSA) is 116 Å². The van der Waals surface area contributed by atoms with Crippen molar-refractivity contribution >= 4 is 25.7 Å². The molecule has 0 heterocycles. The van der Waals surface area contributed by atoms with E-state index in [1.165, 1.54) is 3.77 Å². The van der Waals surface area contributed by atoms with Crippen molar-refractivity contribution in [1.29, 1.82) is 0 Å². The molecule has 0 aromatic heterocycles. The fourth-order valence-electron chi connectivity index (χ4n) is 1.06. The quantitative estimate of drug-likeness (QED) is 0.434. The van der Waals surface area contributed by atoms with Crippen molar-refractivity contribution in [2.24, 2.45) is 3.77 Å². The number of alkyl halides is 6. The molecule has 1 rings (SSSR count). The maximum absolute atomic E-state index is 12.7. The summed E-state index contributed by atoms with van der Waals surface area (Å²) in [5.41, 5.74) is -13.3. The first-order valence-corrected chi connectivity index (χ1v) is 8.07. The Hall–Kier alpha value is -2.10. The average Bonchev–Trinajstić information content (AvgIpc) is 2.35. The smallest absolute Gasteiger partial charge is 0.389 e. The van der Waals surface area contributed by atoms with Gasteiger partial charge in [0.15, 0.2) is 0 Å². The highest BCUT2D eigenvalue weighted by Crippen LogP contribution is 2.34. The van der Waals surface area contributed by atoms with Gasteiger partial charge in [0, 0.05) is 6.07 Å². The van der Waals surface area contributed by atoms with Crippen LogP contribution in [0.1, 0.15) is 0 Å². The summed E-state index contributed by atoms with van der Waals surface area (Å²) in [5.74, 6) is -1.17. The van der Waals surface area contributed by atoms with Crippen molar-refractivity contribution in [3.05, 3.63) is 34.4 Å². The van der Waals surface area contributed by atoms with Crippen LogP contribution in [0.2, 0.25) is 0 Å². The lowest BCUT2D eigenvalue weighted by molar-refractivity contribution is -0.384. The van der Waals surface area contributed by atoms with E-state index in [9.17, 15) is 49.1 Å². The SMILES string of the molecule is O=[N+]([O-])c1cccc(OS(=O)(=NS(=O)(=O)C(F)(F)F)C(F)(F)F)c1. The highest BCUT2D eigenvalue weighted by molar-refractivity contribution is 8.01. The van der Waals surface area contributed by atoms with Crippen LogP contribution in [0.5, 0.6) is 5.75 Å². The van der Waals surface area contributed by atoms with E-state index in [1.54, 1.807) is 0 Å². The number of benzene rings is 1. The molecule has 1 aromatic carbocycles. The summed E-state index contributed by atoms with van der Waals surface area (Å²) in [6.45, 7) is 0. The molecule has 0 N–H and O–H groups in total. The van der Waals surface area contributed by atoms with Gasteiger partial charge in [-0.15, -0.1) is 0 Å². The minimum absolute atomic E-state index is 0.293. The lowest BCUT2D eigenvalue weighted by atomic mass is 10.3. The molecular formula is C8H4F6N2O6S2. The molecule has 0 amide bonds. The molecule has 0 bridgehead atoms. The standard InChI is InChI=1S/C8H4F6N2O6S2/c9-7(10,11)23(19,20)15-24(21,8(12,13)14)22-6-3-1-2-5(4-6)16(17)18/h1-4H. The third-order valence-electron chi connectivity index (χ3n) is 2.02. The number of non-ortho nitro benzene ring substituents is 1. The Morgan fingerprint density at radius 3 is 2.00 bits per heavy atom. The normalized spacial score (nSPS) is 15.4. The lowest BCUT2D eigenvalue weighted by Crippen LogP contribution is -2.32. The van der Waals surface area contributed by atoms with Crippen LogP contribution in [-0.2, 0) is 20.0 Å². The molecule has 0 saturated heterocycles. The molecule has 8 nitrogen and oxygen atoms in total. The van der Waals surface area contributed by atoms with Gasteiger partial charge < -0.3 is 4.18 Å². The van der Waals surface area contributed by atoms with Crippen LogP contribution in [0.25, 0.3) is 0 Å². The zero-order chi connectivity index (χ0) is 19.0. The summed E-state index contributed by atoms with van der Waals surface area (Å²) in [5, 5.41) is 10.5. The minimum atomic E-state index is -6.81. The fraction of sp³-hybridized carbons (Fsp3) is 0.250. The third-order valence-corrected chi connectivity index (χ3v) is 5.18. The van der Waals surface area contributed by atoms with E-state index in [1.807, 2.05) is 0 Å². The van der Waals surface area contributed by atoms with Gasteiger partial charge in [0.05, 0.1) is 11.0 Å². The number of hydrogen-bond donors (Lipinski definition) is 0. The molecule has 1 unspecified atom stereocenters. The van der Waals surface area contributed by atoms with Crippen molar-refractivity contribution in [3.8, 4) is 5.75 Å². The van der Waals surface area contributed by atoms with E-state index in [2.05, 4.69) is 4.18 Å². The van der Waals surface area contributed by atoms with Gasteiger partial charge in [-0.05, 0) is 6.07 Å². The molecule has 0 saturated carbocycles. The number of sulfonamides is 1. The largest absolute Gasteiger partial charge is 0.519 e. The zero-order valence-corrected chi connectivity index (χ0v) is 12.4. The third kappa shape index (κ3) is 4.25. The molecule has 0 spiro atoms. The molecule has 24 heavy (non-hydrogen) atoms. The number of rotatable bonds is 4. The summed E-state index contributed by atoms with van der Waals surface area (Å²) in [7, 11) is -13.3. The molecule has 0 aliphatic heterocycles. The Labute approximate surface area is 129 Å². The first kappa shape index (κ1) is 19.9. The second-order valence-corrected chi connectivity index (χ2v) is 7.34. The number of nitro groups is 1. The second-order valence-electron chi connectivity index (χ2n) is 3.75. The Balaban J connectivity index is 3.53. The van der Waals surface area contributed by atoms with E-state index in [0.717, 1.165) is 12.1 Å². The van der Waals surface area contributed by atoms with Crippen LogP contribution in [-0.4, -0.2) is 28.6 Å². The van der Waals surface area contributed by atoms with Gasteiger partial charge in [-0.25, -0.2) is 0 Å². The summed E-state index contributed by atoms with van der Waals surface area (Å²) in [6, 6.07) is 2.42. The van der Waals surface area contributed by atoms with Crippen molar-refractivity contribution < 1.29 is 48.1 Å². The highest BCUT2D eigenvalue weighted by atomic mass is 32.3. The van der Waals surface area contributed by atoms with Crippen LogP contribution in [0.15, 0.2) is 28.0 Å². The molecule has 1 atom stereocenters. The van der Waals surface area contributed by atoms with E-state index >= 15 is 0 Å². The van der Waals surface area contributed by atoms with E-state index in [4.69, 9.17) is 0 Å². The van der Waals surface area contributed by atoms with Crippen LogP contribution < -0.4 is 4.18 Å². The number of hydrogen-bond acceptors (Lipinski definition) is 6. The van der Waals surface area contributed by atoms with Crippen LogP contribution in [0, 0.1) is 10.1 Å². The molecular weight excluding hydrogens is 398 g/mol. The number of nitrogens with zero attached hydrogens (tertiary/aromatic N) is 2. The summed E-state index contributed by atoms with van der Waals surface area (Å²) < 4.78 is 113. The van der Waals surface area contributed by atoms with Gasteiger partial charge >= 0.3 is 31.0 Å². The van der Waals surface area contributed by atoms with Gasteiger partial charge in [0.1, 0.15) is 5.75 Å². The summed E-state index contributed by atoms with van der Waals surface area (Å²) >= 11 is 0. The first-order valence-electron chi connectivity index (χ1n) is 5.19. The van der Waals surface area contributed by atoms with Crippen molar-refractivity contribution in [2.45, 2.75) is 11.0 Å². The van der Waals surface area contributed by atoms with Crippen molar-refractivity contribution in [1.82, 2.24) is 0 Å². The van der Waals surface area contributed by atoms with Gasteiger partial charge in [-0.2, -0.15) is 39.0 Å². The molecule has 0 aliphatic carbocycles. The fourth-order valence-corrected chi connectivity index (χ4v) is 3.35. The predicted molar refractivity (Wildman–Crippen MR) is 65.3 cm³/mol. The van der Waals surface area contributed by atoms with E-state index < -0.39 is 47.4 Å². The lowest BCUT2D eigenvalue weighted by Gasteiger charge is -2.14. The molecule has 0 radical (unpaired) electrons. The maximum atomic E-state index is 12.7. The monoisotopic (exact) mass is 402 g/mol. The van der Waals surface area contributed by atoms with Gasteiger partial charge in [-0.1, -0.05) is 9.83 Å². The number of nitro benzene ring substituents is 1. The van der Waals surface area contributed by atoms with Gasteiger partial charge in [-0.3, -0.25) is 10.1 Å². The van der Waals surface area contributed by atoms with E-state index in [0.29, 0.717) is 12.1 Å². The first-order chi connectivity index (χ1) is 10.6. The maximum Gasteiger partial charge on any atom is 0.519 e. The van der Waals surface area contributed by atoms with Crippen LogP contribution in [0.3, 0.4) is 0 Å². The van der Waals surface area contributed by atoms with Crippen molar-refractivity contribution in [3.63, 3.8) is 0 Å². The molecule has 1 aromatic rings. The van der Waals surface area contributed by atoms with Crippen molar-refractivity contribution in [2.75, 3.05) is 0 Å². The summed E-state index contributed by atoms with van der Waals surface area (Å²) in [6.07, 6.45) is 0. The van der Waals surface area contributed by atoms with Gasteiger partial charge in [0.2, 0.25) is 0 Å². The second kappa shape index (κ2) is 6.08. The Bertz CT molecular complexity index is 868. The van der Waals surface area contributed by atoms with Crippen LogP contribution >= 0.6 is 0 Å². The van der Waals surface area contributed by atoms with E-state index in [-0.39, 0.29) is 0 Å². The molecule has 0 fully saturated rings. The molecule has 16 heteroatoms. The Morgan fingerprint density at radius 1 is 1.04 bits per heavy atom.